The van der Waals surface area contributed by atoms with E-state index in [4.69, 9.17) is 5.11 Å². The van der Waals surface area contributed by atoms with E-state index in [1.165, 1.54) is 17.0 Å². The Kier molecular flexibility index (Phi) is 4.84. The molecule has 2 rings (SSSR count). The lowest BCUT2D eigenvalue weighted by molar-refractivity contribution is -0.149. The molecule has 5 heteroatoms. The fraction of sp³-hybridized carbons (Fsp3) is 0.529. The highest BCUT2D eigenvalue weighted by molar-refractivity contribution is 5.84. The van der Waals surface area contributed by atoms with Crippen LogP contribution in [-0.4, -0.2) is 35.5 Å². The van der Waals surface area contributed by atoms with Crippen molar-refractivity contribution in [1.29, 1.82) is 0 Å². The number of carboxylic acid groups (broad SMARTS) is 1. The van der Waals surface area contributed by atoms with Crippen LogP contribution in [0.15, 0.2) is 24.3 Å². The number of hydrogen-bond acceptors (Lipinski definition) is 2. The van der Waals surface area contributed by atoms with Crippen molar-refractivity contribution in [3.63, 3.8) is 0 Å². The maximum Gasteiger partial charge on any atom is 0.308 e. The number of carbonyl (C=O) groups excluding carboxylic acids is 1. The number of carboxylic acids is 1. The highest BCUT2D eigenvalue weighted by atomic mass is 19.1. The lowest BCUT2D eigenvalue weighted by Crippen LogP contribution is -2.49. The molecule has 0 bridgehead atoms. The predicted molar refractivity (Wildman–Crippen MR) is 80.8 cm³/mol. The maximum absolute atomic E-state index is 13.3. The molecule has 1 fully saturated rings. The molecule has 0 saturated heterocycles. The molecule has 1 atom stereocenters. The maximum atomic E-state index is 13.3. The topological polar surface area (TPSA) is 57.6 Å². The van der Waals surface area contributed by atoms with Gasteiger partial charge in [-0.2, -0.15) is 0 Å². The third-order valence-corrected chi connectivity index (χ3v) is 4.51. The first-order chi connectivity index (χ1) is 10.3. The molecule has 1 aliphatic carbocycles. The van der Waals surface area contributed by atoms with E-state index in [-0.39, 0.29) is 18.3 Å². The summed E-state index contributed by atoms with van der Waals surface area (Å²) in [5.41, 5.74) is 0.313. The van der Waals surface area contributed by atoms with E-state index in [0.717, 1.165) is 24.8 Å². The zero-order chi connectivity index (χ0) is 16.3. The van der Waals surface area contributed by atoms with E-state index in [0.29, 0.717) is 6.42 Å². The molecule has 4 nitrogen and oxygen atoms in total. The number of aliphatic carboxylic acids is 1. The summed E-state index contributed by atoms with van der Waals surface area (Å²) in [4.78, 5) is 25.2. The van der Waals surface area contributed by atoms with Crippen LogP contribution in [0.3, 0.4) is 0 Å². The Hall–Kier alpha value is -1.91. The summed E-state index contributed by atoms with van der Waals surface area (Å²) in [5.74, 6) is -1.84. The summed E-state index contributed by atoms with van der Waals surface area (Å²) in [6, 6.07) is 6.33. The Balaban J connectivity index is 2.09. The number of carbonyl (C=O) groups is 2. The minimum Gasteiger partial charge on any atom is -0.481 e. The van der Waals surface area contributed by atoms with E-state index < -0.39 is 17.3 Å². The van der Waals surface area contributed by atoms with Crippen LogP contribution >= 0.6 is 0 Å². The average Bonchev–Trinajstić information content (AvgIpc) is 2.42. The van der Waals surface area contributed by atoms with Crippen LogP contribution in [0.2, 0.25) is 0 Å². The van der Waals surface area contributed by atoms with Gasteiger partial charge in [-0.3, -0.25) is 9.59 Å². The largest absolute Gasteiger partial charge is 0.481 e. The molecule has 0 radical (unpaired) electrons. The fourth-order valence-corrected chi connectivity index (χ4v) is 3.08. The van der Waals surface area contributed by atoms with Crippen LogP contribution in [0.5, 0.6) is 0 Å². The van der Waals surface area contributed by atoms with Gasteiger partial charge in [0.1, 0.15) is 5.82 Å². The van der Waals surface area contributed by atoms with Crippen molar-refractivity contribution >= 4 is 11.9 Å². The van der Waals surface area contributed by atoms with Crippen LogP contribution < -0.4 is 0 Å². The van der Waals surface area contributed by atoms with Crippen molar-refractivity contribution in [2.45, 2.75) is 32.6 Å². The molecule has 22 heavy (non-hydrogen) atoms. The van der Waals surface area contributed by atoms with Gasteiger partial charge in [-0.25, -0.2) is 4.39 Å². The molecule has 1 N–H and O–H groups in total. The molecule has 0 spiro atoms. The standard InChI is InChI=1S/C17H22FNO3/c1-12(15(20)21)11-19(2)16(22)17(7-4-8-17)10-13-5-3-6-14(18)9-13/h3,5-6,9,12H,4,7-8,10-11H2,1-2H3,(H,20,21). The van der Waals surface area contributed by atoms with Crippen molar-refractivity contribution in [1.82, 2.24) is 4.90 Å². The van der Waals surface area contributed by atoms with E-state index in [2.05, 4.69) is 0 Å². The molecule has 0 aliphatic heterocycles. The van der Waals surface area contributed by atoms with Crippen LogP contribution in [0.25, 0.3) is 0 Å². The second kappa shape index (κ2) is 6.46. The second-order valence-electron chi connectivity index (χ2n) is 6.37. The lowest BCUT2D eigenvalue weighted by atomic mass is 9.64. The zero-order valence-corrected chi connectivity index (χ0v) is 13.0. The summed E-state index contributed by atoms with van der Waals surface area (Å²) in [5, 5.41) is 8.97. The number of halogens is 1. The summed E-state index contributed by atoms with van der Waals surface area (Å²) in [6.45, 7) is 1.78. The monoisotopic (exact) mass is 307 g/mol. The van der Waals surface area contributed by atoms with Crippen LogP contribution in [0, 0.1) is 17.2 Å². The normalized spacial score (nSPS) is 17.4. The van der Waals surface area contributed by atoms with Crippen LogP contribution in [0.1, 0.15) is 31.7 Å². The molecule has 1 aliphatic rings. The Morgan fingerprint density at radius 3 is 2.59 bits per heavy atom. The van der Waals surface area contributed by atoms with Gasteiger partial charge >= 0.3 is 5.97 Å². The number of hydrogen-bond donors (Lipinski definition) is 1. The highest BCUT2D eigenvalue weighted by Gasteiger charge is 2.45. The molecule has 0 heterocycles. The molecule has 1 saturated carbocycles. The Morgan fingerprint density at radius 1 is 1.41 bits per heavy atom. The van der Waals surface area contributed by atoms with Crippen molar-refractivity contribution in [3.05, 3.63) is 35.6 Å². The molecule has 1 aromatic rings. The van der Waals surface area contributed by atoms with Gasteiger partial charge in [0.15, 0.2) is 0 Å². The minimum atomic E-state index is -0.910. The van der Waals surface area contributed by atoms with E-state index >= 15 is 0 Å². The lowest BCUT2D eigenvalue weighted by Gasteiger charge is -2.43. The van der Waals surface area contributed by atoms with Gasteiger partial charge in [-0.1, -0.05) is 25.5 Å². The Labute approximate surface area is 129 Å². The third kappa shape index (κ3) is 3.46. The molecule has 1 unspecified atom stereocenters. The molecular formula is C17H22FNO3. The summed E-state index contributed by atoms with van der Waals surface area (Å²) >= 11 is 0. The number of rotatable bonds is 6. The van der Waals surface area contributed by atoms with Crippen molar-refractivity contribution < 1.29 is 19.1 Å². The average molecular weight is 307 g/mol. The van der Waals surface area contributed by atoms with E-state index in [1.54, 1.807) is 20.0 Å². The smallest absolute Gasteiger partial charge is 0.308 e. The first-order valence-electron chi connectivity index (χ1n) is 7.57. The number of amides is 1. The molecule has 1 amide bonds. The predicted octanol–water partition coefficient (Wildman–Crippen LogP) is 2.72. The van der Waals surface area contributed by atoms with Gasteiger partial charge in [0, 0.05) is 13.6 Å². The van der Waals surface area contributed by atoms with Gasteiger partial charge < -0.3 is 10.0 Å². The SMILES string of the molecule is CC(CN(C)C(=O)C1(Cc2cccc(F)c2)CCC1)C(=O)O. The van der Waals surface area contributed by atoms with Crippen molar-refractivity contribution in [2.24, 2.45) is 11.3 Å². The minimum absolute atomic E-state index is 0.0314. The fourth-order valence-electron chi connectivity index (χ4n) is 3.08. The number of nitrogens with zero attached hydrogens (tertiary/aromatic N) is 1. The van der Waals surface area contributed by atoms with Gasteiger partial charge in [0.2, 0.25) is 5.91 Å². The summed E-state index contributed by atoms with van der Waals surface area (Å²) in [7, 11) is 1.65. The molecule has 1 aromatic carbocycles. The second-order valence-corrected chi connectivity index (χ2v) is 6.37. The first-order valence-corrected chi connectivity index (χ1v) is 7.57. The molecule has 120 valence electrons. The van der Waals surface area contributed by atoms with Crippen LogP contribution in [0.4, 0.5) is 4.39 Å². The summed E-state index contributed by atoms with van der Waals surface area (Å²) < 4.78 is 13.3. The van der Waals surface area contributed by atoms with Gasteiger partial charge in [-0.05, 0) is 37.0 Å². The van der Waals surface area contributed by atoms with Gasteiger partial charge in [0.25, 0.3) is 0 Å². The van der Waals surface area contributed by atoms with Crippen LogP contribution in [-0.2, 0) is 16.0 Å². The molecule has 0 aromatic heterocycles. The number of benzene rings is 1. The van der Waals surface area contributed by atoms with Gasteiger partial charge in [0.05, 0.1) is 11.3 Å². The van der Waals surface area contributed by atoms with E-state index in [9.17, 15) is 14.0 Å². The van der Waals surface area contributed by atoms with E-state index in [1.807, 2.05) is 6.07 Å². The van der Waals surface area contributed by atoms with Crippen molar-refractivity contribution in [3.8, 4) is 0 Å². The summed E-state index contributed by atoms with van der Waals surface area (Å²) in [6.07, 6.45) is 3.03. The molecular weight excluding hydrogens is 285 g/mol. The Morgan fingerprint density at radius 2 is 2.09 bits per heavy atom. The highest BCUT2D eigenvalue weighted by Crippen LogP contribution is 2.45. The Bertz CT molecular complexity index is 569. The van der Waals surface area contributed by atoms with Gasteiger partial charge in [-0.15, -0.1) is 0 Å². The first kappa shape index (κ1) is 16.5. The zero-order valence-electron chi connectivity index (χ0n) is 13.0. The van der Waals surface area contributed by atoms with Crippen molar-refractivity contribution in [2.75, 3.05) is 13.6 Å². The quantitative estimate of drug-likeness (QED) is 0.879. The third-order valence-electron chi connectivity index (χ3n) is 4.51.